The number of nitrogens with one attached hydrogen (secondary N) is 7. The molecule has 0 bridgehead atoms. The van der Waals surface area contributed by atoms with Gasteiger partial charge < -0.3 is 86.9 Å². The summed E-state index contributed by atoms with van der Waals surface area (Å²) in [7, 11) is 0. The molecule has 0 heterocycles. The van der Waals surface area contributed by atoms with E-state index in [-0.39, 0.29) is 76.0 Å². The smallest absolute Gasteiger partial charge is 0.326 e. The minimum atomic E-state index is -1.75. The zero-order valence-corrected chi connectivity index (χ0v) is 40.1. The van der Waals surface area contributed by atoms with Crippen LogP contribution in [0.1, 0.15) is 85.5 Å². The molecule has 8 atom stereocenters. The quantitative estimate of drug-likeness (QED) is 0.0160. The zero-order chi connectivity index (χ0) is 51.2. The van der Waals surface area contributed by atoms with Gasteiger partial charge in [-0.2, -0.15) is 11.8 Å². The molecule has 7 amide bonds. The third-order valence-corrected chi connectivity index (χ3v) is 10.5. The van der Waals surface area contributed by atoms with Gasteiger partial charge in [0.25, 0.3) is 0 Å². The number of unbranched alkanes of at least 4 members (excludes halogenated alkanes) is 1. The first-order valence-corrected chi connectivity index (χ1v) is 23.5. The van der Waals surface area contributed by atoms with E-state index in [4.69, 9.17) is 34.4 Å². The molecule has 0 radical (unpaired) electrons. The van der Waals surface area contributed by atoms with Gasteiger partial charge in [0.1, 0.15) is 42.3 Å². The van der Waals surface area contributed by atoms with Crippen LogP contribution in [-0.2, 0) is 38.4 Å². The predicted molar refractivity (Wildman–Crippen MR) is 253 cm³/mol. The van der Waals surface area contributed by atoms with E-state index in [1.807, 2.05) is 20.1 Å². The number of carboxylic acid groups (broad SMARTS) is 1. The number of carboxylic acids is 1. The number of hydrogen-bond acceptors (Lipinski definition) is 15. The summed E-state index contributed by atoms with van der Waals surface area (Å²) in [6, 6.07) is -10.8. The molecule has 0 aromatic heterocycles. The number of nitrogens with zero attached hydrogens (tertiary/aromatic N) is 2. The fourth-order valence-electron chi connectivity index (χ4n) is 6.22. The molecule has 27 heteroatoms. The highest BCUT2D eigenvalue weighted by Crippen LogP contribution is 2.10. The maximum Gasteiger partial charge on any atom is 0.326 e. The largest absolute Gasteiger partial charge is 0.480 e. The van der Waals surface area contributed by atoms with Crippen molar-refractivity contribution in [3.8, 4) is 0 Å². The lowest BCUT2D eigenvalue weighted by atomic mass is 10.0. The number of nitrogens with two attached hydrogens (primary N) is 6. The second-order valence-corrected chi connectivity index (χ2v) is 17.5. The molecule has 0 fully saturated rings. The van der Waals surface area contributed by atoms with E-state index in [0.717, 1.165) is 0 Å². The van der Waals surface area contributed by atoms with E-state index in [2.05, 4.69) is 47.2 Å². The highest BCUT2D eigenvalue weighted by Gasteiger charge is 2.34. The van der Waals surface area contributed by atoms with Crippen LogP contribution in [-0.4, -0.2) is 168 Å². The first-order valence-electron chi connectivity index (χ1n) is 22.2. The SMILES string of the molecule is CSCC[C@H](NC(=O)[C@@H](N)CC(C)C)C(=O)N[C@@H](CCCCN)C(=O)N[C@@H](CCCN=C(N)N)C(=O)N[C@@H](CCCN=C(N)N)C(=O)N[C@@H](CO)C(=O)N[C@@H](CO)C(=O)N[C@H](C(=O)O)C(C)C. The lowest BCUT2D eigenvalue weighted by Gasteiger charge is -2.28. The minimum Gasteiger partial charge on any atom is -0.480 e. The fourth-order valence-corrected chi connectivity index (χ4v) is 6.69. The van der Waals surface area contributed by atoms with Crippen molar-refractivity contribution in [2.45, 2.75) is 134 Å². The van der Waals surface area contributed by atoms with Crippen LogP contribution in [0.5, 0.6) is 0 Å². The Morgan fingerprint density at radius 2 is 0.896 bits per heavy atom. The second kappa shape index (κ2) is 33.9. The summed E-state index contributed by atoms with van der Waals surface area (Å²) in [6.45, 7) is 5.17. The maximum absolute atomic E-state index is 14.1. The molecule has 0 aliphatic heterocycles. The molecule has 0 spiro atoms. The van der Waals surface area contributed by atoms with Crippen molar-refractivity contribution in [2.75, 3.05) is 44.9 Å². The van der Waals surface area contributed by atoms with Crippen molar-refractivity contribution < 1.29 is 53.7 Å². The molecule has 0 unspecified atom stereocenters. The molecule has 0 aliphatic rings. The second-order valence-electron chi connectivity index (χ2n) is 16.5. The first kappa shape index (κ1) is 61.5. The minimum absolute atomic E-state index is 0.00217. The third kappa shape index (κ3) is 25.8. The Kier molecular flexibility index (Phi) is 31.1. The number of thioether (sulfide) groups is 1. The van der Waals surface area contributed by atoms with Crippen LogP contribution < -0.4 is 71.6 Å². The van der Waals surface area contributed by atoms with E-state index >= 15 is 0 Å². The molecule has 384 valence electrons. The molecule has 22 N–H and O–H groups in total. The number of aliphatic hydroxyl groups excluding tert-OH is 2. The van der Waals surface area contributed by atoms with Crippen LogP contribution in [0.3, 0.4) is 0 Å². The van der Waals surface area contributed by atoms with E-state index in [1.165, 1.54) is 25.6 Å². The van der Waals surface area contributed by atoms with Gasteiger partial charge >= 0.3 is 5.97 Å². The normalized spacial score (nSPS) is 14.7. The molecule has 0 rings (SSSR count). The highest BCUT2D eigenvalue weighted by atomic mass is 32.2. The summed E-state index contributed by atoms with van der Waals surface area (Å²) in [5.74, 6) is -7.89. The van der Waals surface area contributed by atoms with Gasteiger partial charge in [0.2, 0.25) is 41.4 Å². The van der Waals surface area contributed by atoms with Crippen LogP contribution in [0.25, 0.3) is 0 Å². The number of aliphatic carboxylic acids is 1. The fraction of sp³-hybridized carbons (Fsp3) is 0.750. The number of aliphatic hydroxyl groups is 2. The number of carbonyl (C=O) groups is 8. The first-order chi connectivity index (χ1) is 31.5. The van der Waals surface area contributed by atoms with Crippen molar-refractivity contribution >= 4 is 71.0 Å². The van der Waals surface area contributed by atoms with Gasteiger partial charge in [-0.25, -0.2) is 4.79 Å². The molecule has 0 aliphatic carbocycles. The number of hydrogen-bond donors (Lipinski definition) is 16. The molecule has 67 heavy (non-hydrogen) atoms. The topological polar surface area (TPSA) is 462 Å². The van der Waals surface area contributed by atoms with Crippen LogP contribution in [0.2, 0.25) is 0 Å². The number of guanidine groups is 2. The van der Waals surface area contributed by atoms with Gasteiger partial charge in [0.15, 0.2) is 11.9 Å². The van der Waals surface area contributed by atoms with E-state index in [9.17, 15) is 53.7 Å². The Labute approximate surface area is 395 Å². The molecule has 26 nitrogen and oxygen atoms in total. The lowest BCUT2D eigenvalue weighted by Crippen LogP contribution is -2.61. The highest BCUT2D eigenvalue weighted by molar-refractivity contribution is 7.98. The summed E-state index contributed by atoms with van der Waals surface area (Å²) in [6.07, 6.45) is 3.36. The van der Waals surface area contributed by atoms with Crippen molar-refractivity contribution in [3.63, 3.8) is 0 Å². The number of aliphatic imine (C=N–C) groups is 2. The lowest BCUT2D eigenvalue weighted by molar-refractivity contribution is -0.144. The Morgan fingerprint density at radius 1 is 0.537 bits per heavy atom. The molecule has 0 saturated carbocycles. The summed E-state index contributed by atoms with van der Waals surface area (Å²) < 4.78 is 0. The molecule has 0 saturated heterocycles. The van der Waals surface area contributed by atoms with E-state index in [0.29, 0.717) is 25.0 Å². The average Bonchev–Trinajstić information content (AvgIpc) is 3.25. The van der Waals surface area contributed by atoms with Gasteiger partial charge in [0, 0.05) is 13.1 Å². The van der Waals surface area contributed by atoms with Crippen LogP contribution >= 0.6 is 11.8 Å². The average molecular weight is 976 g/mol. The Balaban J connectivity index is 6.68. The monoisotopic (exact) mass is 976 g/mol. The summed E-state index contributed by atoms with van der Waals surface area (Å²) in [5, 5.41) is 46.7. The summed E-state index contributed by atoms with van der Waals surface area (Å²) in [5.41, 5.74) is 33.7. The van der Waals surface area contributed by atoms with Gasteiger partial charge in [-0.05, 0) is 88.2 Å². The third-order valence-electron chi connectivity index (χ3n) is 9.90. The Morgan fingerprint density at radius 3 is 1.24 bits per heavy atom. The maximum atomic E-state index is 14.1. The summed E-state index contributed by atoms with van der Waals surface area (Å²) in [4.78, 5) is 114. The molecular formula is C40H77N15O11S. The number of rotatable bonds is 35. The van der Waals surface area contributed by atoms with Gasteiger partial charge in [-0.1, -0.05) is 27.7 Å². The zero-order valence-electron chi connectivity index (χ0n) is 39.3. The van der Waals surface area contributed by atoms with Gasteiger partial charge in [0.05, 0.1) is 19.3 Å². The van der Waals surface area contributed by atoms with Crippen molar-refractivity contribution in [1.29, 1.82) is 0 Å². The van der Waals surface area contributed by atoms with Crippen LogP contribution in [0.15, 0.2) is 9.98 Å². The molecular weight excluding hydrogens is 899 g/mol. The summed E-state index contributed by atoms with van der Waals surface area (Å²) >= 11 is 1.44. The van der Waals surface area contributed by atoms with Crippen LogP contribution in [0, 0.1) is 11.8 Å². The molecule has 0 aromatic rings. The number of carbonyl (C=O) groups excluding carboxylic acids is 7. The van der Waals surface area contributed by atoms with Crippen LogP contribution in [0.4, 0.5) is 0 Å². The van der Waals surface area contributed by atoms with E-state index < -0.39 is 115 Å². The van der Waals surface area contributed by atoms with Crippen molar-refractivity contribution in [2.24, 2.45) is 56.2 Å². The van der Waals surface area contributed by atoms with Crippen molar-refractivity contribution in [1.82, 2.24) is 37.2 Å². The van der Waals surface area contributed by atoms with Gasteiger partial charge in [-0.3, -0.25) is 43.5 Å². The molecule has 0 aromatic carbocycles. The Hall–Kier alpha value is -5.51. The van der Waals surface area contributed by atoms with Gasteiger partial charge in [-0.15, -0.1) is 0 Å². The standard InChI is InChI=1S/C40H77N15O11S/c1-21(2)18-23(42)31(58)49-27(13-17-67-5)35(62)50-24(10-6-7-14-41)32(59)51-25(11-8-15-47-39(43)44)33(60)52-26(12-9-16-48-40(45)46)34(61)53-28(19-56)36(63)54-29(20-57)37(64)55-30(22(3)4)38(65)66/h21-30,56-57H,6-20,41-42H2,1-5H3,(H,49,58)(H,50,62)(H,51,59)(H,52,60)(H,53,61)(H,54,63)(H,55,64)(H,65,66)(H4,43,44,47)(H4,45,46,48)/t23-,24-,25-,26-,27-,28-,29-,30-/m0/s1. The Bertz CT molecular complexity index is 1650. The van der Waals surface area contributed by atoms with Crippen molar-refractivity contribution in [3.05, 3.63) is 0 Å². The van der Waals surface area contributed by atoms with E-state index in [1.54, 1.807) is 0 Å². The predicted octanol–water partition coefficient (Wildman–Crippen LogP) is -5.53. The number of amides is 7.